The largest absolute Gasteiger partial charge is 0.465 e. The number of thioether (sulfide) groups is 1. The molecule has 0 unspecified atom stereocenters. The molecule has 0 spiro atoms. The summed E-state index contributed by atoms with van der Waals surface area (Å²) in [4.78, 5) is 28.2. The van der Waals surface area contributed by atoms with Gasteiger partial charge in [-0.2, -0.15) is 0 Å². The second kappa shape index (κ2) is 8.44. The first-order valence-electron chi connectivity index (χ1n) is 9.90. The van der Waals surface area contributed by atoms with Crippen LogP contribution in [0.15, 0.2) is 70.2 Å². The summed E-state index contributed by atoms with van der Waals surface area (Å²) in [6.45, 7) is 4.02. The number of fused-ring (bicyclic) bond motifs is 1. The third-order valence-electron chi connectivity index (χ3n) is 5.26. The normalized spacial score (nSPS) is 19.4. The highest BCUT2D eigenvalue weighted by molar-refractivity contribution is 8.08. The third-order valence-corrected chi connectivity index (χ3v) is 7.12. The topological polar surface area (TPSA) is 67.9 Å². The second-order valence-electron chi connectivity index (χ2n) is 7.74. The van der Waals surface area contributed by atoms with Crippen molar-refractivity contribution in [2.75, 3.05) is 24.4 Å². The monoisotopic (exact) mass is 466 g/mol. The van der Waals surface area contributed by atoms with E-state index in [1.54, 1.807) is 4.90 Å². The molecule has 164 valence electrons. The first kappa shape index (κ1) is 22.1. The van der Waals surface area contributed by atoms with E-state index < -0.39 is 17.5 Å². The number of carbonyl (C=O) groups excluding carboxylic acids is 2. The van der Waals surface area contributed by atoms with Crippen molar-refractivity contribution >= 4 is 57.7 Å². The molecule has 0 radical (unpaired) electrons. The highest BCUT2D eigenvalue weighted by Crippen LogP contribution is 2.51. The molecule has 0 aliphatic carbocycles. The number of hydrogen-bond donors (Lipinski definition) is 1. The van der Waals surface area contributed by atoms with Gasteiger partial charge in [0.15, 0.2) is 5.70 Å². The number of para-hydroxylation sites is 2. The number of nitrogens with one attached hydrogen (secondary N) is 1. The fraction of sp³-hybridized carbons (Fsp3) is 0.208. The van der Waals surface area contributed by atoms with E-state index in [0.717, 1.165) is 16.8 Å². The fourth-order valence-corrected chi connectivity index (χ4v) is 5.30. The third kappa shape index (κ3) is 3.59. The zero-order chi connectivity index (χ0) is 23.0. The molecule has 2 aliphatic heterocycles. The van der Waals surface area contributed by atoms with Crippen LogP contribution in [0.2, 0.25) is 0 Å². The highest BCUT2D eigenvalue weighted by Gasteiger charge is 2.43. The average molecular weight is 467 g/mol. The standard InChI is InChI=1S/C24H22N2O4S2/c1-24(2)20(31)17(15-12-8-9-13-16(15)25-24)21-26(14-10-6-5-7-11-14)18(22(27)29-3)19(32-21)23(28)30-4/h5-13,25H,1-4H3/b21-17-. The Bertz CT molecular complexity index is 1190. The number of nitrogens with zero attached hydrogens (tertiary/aromatic N) is 1. The minimum Gasteiger partial charge on any atom is -0.465 e. The van der Waals surface area contributed by atoms with E-state index in [4.69, 9.17) is 21.7 Å². The zero-order valence-corrected chi connectivity index (χ0v) is 19.7. The van der Waals surface area contributed by atoms with Crippen molar-refractivity contribution in [3.63, 3.8) is 0 Å². The average Bonchev–Trinajstić information content (AvgIpc) is 3.19. The Morgan fingerprint density at radius 3 is 2.25 bits per heavy atom. The number of methoxy groups -OCH3 is 2. The minimum absolute atomic E-state index is 0.106. The summed E-state index contributed by atoms with van der Waals surface area (Å²) in [7, 11) is 2.58. The van der Waals surface area contributed by atoms with Crippen LogP contribution in [0.1, 0.15) is 19.4 Å². The van der Waals surface area contributed by atoms with Crippen LogP contribution in [0.25, 0.3) is 5.57 Å². The quantitative estimate of drug-likeness (QED) is 0.395. The van der Waals surface area contributed by atoms with E-state index in [1.807, 2.05) is 68.4 Å². The summed E-state index contributed by atoms with van der Waals surface area (Å²) in [5, 5.41) is 4.14. The summed E-state index contributed by atoms with van der Waals surface area (Å²) in [5.74, 6) is -1.25. The molecular weight excluding hydrogens is 444 g/mol. The van der Waals surface area contributed by atoms with Gasteiger partial charge in [-0.25, -0.2) is 9.59 Å². The molecule has 0 fully saturated rings. The number of ether oxygens (including phenoxy) is 2. The second-order valence-corrected chi connectivity index (χ2v) is 9.15. The number of thiocarbonyl (C=S) groups is 1. The van der Waals surface area contributed by atoms with Gasteiger partial charge in [-0.05, 0) is 32.0 Å². The van der Waals surface area contributed by atoms with Crippen molar-refractivity contribution < 1.29 is 19.1 Å². The van der Waals surface area contributed by atoms with Gasteiger partial charge in [0.1, 0.15) is 4.91 Å². The van der Waals surface area contributed by atoms with Gasteiger partial charge < -0.3 is 14.8 Å². The Labute approximate surface area is 196 Å². The molecular formula is C24H22N2O4S2. The SMILES string of the molecule is COC(=O)C1=C(C(=O)OC)N(c2ccccc2)/C(=C2/C(=S)C(C)(C)Nc3ccccc32)S1. The van der Waals surface area contributed by atoms with E-state index >= 15 is 0 Å². The molecule has 0 amide bonds. The Hall–Kier alpha value is -3.10. The molecule has 0 bridgehead atoms. The van der Waals surface area contributed by atoms with E-state index in [2.05, 4.69) is 5.32 Å². The Balaban J connectivity index is 2.06. The molecule has 2 aromatic carbocycles. The van der Waals surface area contributed by atoms with Crippen LogP contribution in [0.5, 0.6) is 0 Å². The Morgan fingerprint density at radius 2 is 1.59 bits per heavy atom. The molecule has 0 saturated carbocycles. The summed E-state index contributed by atoms with van der Waals surface area (Å²) in [5.41, 5.74) is 2.90. The molecule has 0 aromatic heterocycles. The Kier molecular flexibility index (Phi) is 5.83. The van der Waals surface area contributed by atoms with Crippen LogP contribution in [0, 0.1) is 0 Å². The van der Waals surface area contributed by atoms with E-state index in [1.165, 1.54) is 26.0 Å². The van der Waals surface area contributed by atoms with Crippen molar-refractivity contribution in [2.45, 2.75) is 19.4 Å². The van der Waals surface area contributed by atoms with Crippen LogP contribution in [0.3, 0.4) is 0 Å². The highest BCUT2D eigenvalue weighted by atomic mass is 32.2. The van der Waals surface area contributed by atoms with Gasteiger partial charge in [-0.3, -0.25) is 4.90 Å². The minimum atomic E-state index is -0.634. The van der Waals surface area contributed by atoms with E-state index in [9.17, 15) is 9.59 Å². The Morgan fingerprint density at radius 1 is 0.969 bits per heavy atom. The van der Waals surface area contributed by atoms with Gasteiger partial charge in [0.2, 0.25) is 0 Å². The van der Waals surface area contributed by atoms with Crippen molar-refractivity contribution in [1.82, 2.24) is 0 Å². The van der Waals surface area contributed by atoms with Gasteiger partial charge in [-0.15, -0.1) is 0 Å². The van der Waals surface area contributed by atoms with Crippen molar-refractivity contribution in [3.05, 3.63) is 75.8 Å². The van der Waals surface area contributed by atoms with Crippen LogP contribution in [0.4, 0.5) is 11.4 Å². The molecule has 0 saturated heterocycles. The van der Waals surface area contributed by atoms with Crippen molar-refractivity contribution in [2.24, 2.45) is 0 Å². The van der Waals surface area contributed by atoms with Crippen LogP contribution < -0.4 is 10.2 Å². The first-order valence-corrected chi connectivity index (χ1v) is 11.1. The van der Waals surface area contributed by atoms with Gasteiger partial charge in [0, 0.05) is 22.5 Å². The number of rotatable bonds is 3. The maximum atomic E-state index is 12.9. The molecule has 0 atom stereocenters. The molecule has 32 heavy (non-hydrogen) atoms. The predicted molar refractivity (Wildman–Crippen MR) is 131 cm³/mol. The molecule has 1 N–H and O–H groups in total. The van der Waals surface area contributed by atoms with Gasteiger partial charge in [0.25, 0.3) is 0 Å². The number of anilines is 2. The van der Waals surface area contributed by atoms with Crippen LogP contribution >= 0.6 is 24.0 Å². The number of esters is 2. The number of carbonyl (C=O) groups is 2. The first-order chi connectivity index (χ1) is 15.3. The van der Waals surface area contributed by atoms with Gasteiger partial charge in [0.05, 0.1) is 29.7 Å². The summed E-state index contributed by atoms with van der Waals surface area (Å²) in [6.07, 6.45) is 0. The molecule has 2 aromatic rings. The molecule has 8 heteroatoms. The van der Waals surface area contributed by atoms with E-state index in [-0.39, 0.29) is 10.6 Å². The van der Waals surface area contributed by atoms with Crippen molar-refractivity contribution in [1.29, 1.82) is 0 Å². The number of benzene rings is 2. The van der Waals surface area contributed by atoms with Gasteiger partial charge in [-0.1, -0.05) is 60.4 Å². The lowest BCUT2D eigenvalue weighted by molar-refractivity contribution is -0.138. The predicted octanol–water partition coefficient (Wildman–Crippen LogP) is 4.74. The lowest BCUT2D eigenvalue weighted by atomic mass is 9.85. The maximum absolute atomic E-state index is 12.9. The molecule has 6 nitrogen and oxygen atoms in total. The fourth-order valence-electron chi connectivity index (χ4n) is 3.74. The summed E-state index contributed by atoms with van der Waals surface area (Å²) >= 11 is 7.10. The molecule has 2 heterocycles. The van der Waals surface area contributed by atoms with Crippen molar-refractivity contribution in [3.8, 4) is 0 Å². The molecule has 4 rings (SSSR count). The lowest BCUT2D eigenvalue weighted by Gasteiger charge is -2.38. The smallest absolute Gasteiger partial charge is 0.356 e. The maximum Gasteiger partial charge on any atom is 0.356 e. The summed E-state index contributed by atoms with van der Waals surface area (Å²) < 4.78 is 10.1. The molecule has 2 aliphatic rings. The van der Waals surface area contributed by atoms with E-state index in [0.29, 0.717) is 15.6 Å². The van der Waals surface area contributed by atoms with Crippen LogP contribution in [-0.2, 0) is 19.1 Å². The zero-order valence-electron chi connectivity index (χ0n) is 18.1. The van der Waals surface area contributed by atoms with Gasteiger partial charge >= 0.3 is 11.9 Å². The summed E-state index contributed by atoms with van der Waals surface area (Å²) in [6, 6.07) is 17.2. The number of hydrogen-bond acceptors (Lipinski definition) is 8. The lowest BCUT2D eigenvalue weighted by Crippen LogP contribution is -2.44. The van der Waals surface area contributed by atoms with Crippen LogP contribution in [-0.4, -0.2) is 36.6 Å².